The Labute approximate surface area is 83.6 Å². The van der Waals surface area contributed by atoms with E-state index in [2.05, 4.69) is 4.18 Å². The Morgan fingerprint density at radius 1 is 1.29 bits per heavy atom. The molecule has 0 saturated carbocycles. The topological polar surface area (TPSA) is 78.6 Å². The number of aryl methyl sites for hydroxylation is 1. The highest BCUT2D eigenvalue weighted by Gasteiger charge is 2.07. The predicted octanol–water partition coefficient (Wildman–Crippen LogP) is 0.491. The molecule has 0 aliphatic heterocycles. The smallest absolute Gasteiger partial charge is 0.299 e. The average molecular weight is 217 g/mol. The molecule has 0 aliphatic carbocycles. The fraction of sp³-hybridized carbons (Fsp3) is 0.250. The summed E-state index contributed by atoms with van der Waals surface area (Å²) in [6.07, 6.45) is 0. The fourth-order valence-corrected chi connectivity index (χ4v) is 1.40. The highest BCUT2D eigenvalue weighted by Crippen LogP contribution is 2.30. The zero-order valence-corrected chi connectivity index (χ0v) is 8.71. The number of methoxy groups -OCH3 is 1. The van der Waals surface area contributed by atoms with Gasteiger partial charge in [0.1, 0.15) is 11.5 Å². The SMILES string of the molecule is COc1cc(O[SH](=O)=O)c(C)cc1N. The van der Waals surface area contributed by atoms with Crippen molar-refractivity contribution in [2.24, 2.45) is 0 Å². The summed E-state index contributed by atoms with van der Waals surface area (Å²) in [4.78, 5) is 0. The molecule has 0 radical (unpaired) electrons. The second-order valence-electron chi connectivity index (χ2n) is 2.67. The molecule has 0 bridgehead atoms. The second-order valence-corrected chi connectivity index (χ2v) is 3.30. The second kappa shape index (κ2) is 4.19. The van der Waals surface area contributed by atoms with Crippen LogP contribution in [0.1, 0.15) is 5.56 Å². The molecule has 0 spiro atoms. The first-order chi connectivity index (χ1) is 6.54. The van der Waals surface area contributed by atoms with E-state index < -0.39 is 11.0 Å². The van der Waals surface area contributed by atoms with Crippen LogP contribution in [-0.2, 0) is 11.0 Å². The summed E-state index contributed by atoms with van der Waals surface area (Å²) in [7, 11) is -1.47. The van der Waals surface area contributed by atoms with E-state index in [1.807, 2.05) is 0 Å². The van der Waals surface area contributed by atoms with Crippen LogP contribution >= 0.6 is 0 Å². The van der Waals surface area contributed by atoms with Gasteiger partial charge in [-0.1, -0.05) is 0 Å². The number of anilines is 1. The fourth-order valence-electron chi connectivity index (χ4n) is 1.05. The number of benzene rings is 1. The molecular weight excluding hydrogens is 206 g/mol. The maximum absolute atomic E-state index is 10.3. The van der Waals surface area contributed by atoms with Gasteiger partial charge in [0, 0.05) is 6.07 Å². The van der Waals surface area contributed by atoms with Gasteiger partial charge in [0.05, 0.1) is 12.8 Å². The molecule has 0 fully saturated rings. The molecule has 0 saturated heterocycles. The van der Waals surface area contributed by atoms with Crippen LogP contribution < -0.4 is 14.7 Å². The van der Waals surface area contributed by atoms with Crippen molar-refractivity contribution < 1.29 is 17.3 Å². The lowest BCUT2D eigenvalue weighted by atomic mass is 10.2. The van der Waals surface area contributed by atoms with Crippen LogP contribution in [0.4, 0.5) is 5.69 Å². The molecule has 1 rings (SSSR count). The first kappa shape index (κ1) is 10.6. The quantitative estimate of drug-likeness (QED) is 0.569. The Hall–Kier alpha value is -1.43. The third kappa shape index (κ3) is 2.29. The van der Waals surface area contributed by atoms with Crippen molar-refractivity contribution in [1.82, 2.24) is 0 Å². The molecule has 5 nitrogen and oxygen atoms in total. The Bertz CT molecular complexity index is 406. The van der Waals surface area contributed by atoms with Crippen LogP contribution in [0.3, 0.4) is 0 Å². The van der Waals surface area contributed by atoms with Gasteiger partial charge in [0.15, 0.2) is 0 Å². The Morgan fingerprint density at radius 3 is 2.43 bits per heavy atom. The van der Waals surface area contributed by atoms with Gasteiger partial charge in [-0.25, -0.2) is 0 Å². The van der Waals surface area contributed by atoms with Crippen molar-refractivity contribution >= 4 is 16.7 Å². The molecule has 0 heterocycles. The summed E-state index contributed by atoms with van der Waals surface area (Å²) >= 11 is 0. The highest BCUT2D eigenvalue weighted by atomic mass is 32.2. The van der Waals surface area contributed by atoms with Crippen molar-refractivity contribution in [1.29, 1.82) is 0 Å². The van der Waals surface area contributed by atoms with Crippen LogP contribution in [-0.4, -0.2) is 15.5 Å². The summed E-state index contributed by atoms with van der Waals surface area (Å²) in [6.45, 7) is 1.70. The van der Waals surface area contributed by atoms with Gasteiger partial charge >= 0.3 is 0 Å². The van der Waals surface area contributed by atoms with E-state index in [1.54, 1.807) is 13.0 Å². The van der Waals surface area contributed by atoms with Crippen molar-refractivity contribution in [2.45, 2.75) is 6.92 Å². The number of thiol groups is 1. The number of nitrogens with two attached hydrogens (primary N) is 1. The summed E-state index contributed by atoms with van der Waals surface area (Å²) in [5.74, 6) is 0.620. The third-order valence-corrected chi connectivity index (χ3v) is 2.05. The van der Waals surface area contributed by atoms with E-state index in [4.69, 9.17) is 10.5 Å². The lowest BCUT2D eigenvalue weighted by Gasteiger charge is -2.08. The van der Waals surface area contributed by atoms with Crippen LogP contribution in [0, 0.1) is 6.92 Å². The Balaban J connectivity index is 3.16. The van der Waals surface area contributed by atoms with Gasteiger partial charge in [0.25, 0.3) is 11.0 Å². The van der Waals surface area contributed by atoms with Gasteiger partial charge in [-0.2, -0.15) is 8.42 Å². The van der Waals surface area contributed by atoms with Gasteiger partial charge in [0.2, 0.25) is 0 Å². The standard InChI is InChI=1S/C8H11NO4S/c1-5-3-6(9)8(12-2)4-7(5)13-14(10)11/h3-4,14H,9H2,1-2H3. The number of hydrogen-bond donors (Lipinski definition) is 2. The van der Waals surface area contributed by atoms with E-state index in [0.29, 0.717) is 17.0 Å². The minimum Gasteiger partial charge on any atom is -0.494 e. The van der Waals surface area contributed by atoms with E-state index in [1.165, 1.54) is 13.2 Å². The lowest BCUT2D eigenvalue weighted by Crippen LogP contribution is -1.97. The van der Waals surface area contributed by atoms with Crippen LogP contribution in [0.2, 0.25) is 0 Å². The molecule has 6 heteroatoms. The molecule has 1 aromatic carbocycles. The zero-order chi connectivity index (χ0) is 10.7. The van der Waals surface area contributed by atoms with Gasteiger partial charge in [-0.05, 0) is 18.6 Å². The highest BCUT2D eigenvalue weighted by molar-refractivity contribution is 7.67. The van der Waals surface area contributed by atoms with Crippen LogP contribution in [0.15, 0.2) is 12.1 Å². The van der Waals surface area contributed by atoms with Crippen molar-refractivity contribution in [3.63, 3.8) is 0 Å². The maximum Gasteiger partial charge on any atom is 0.299 e. The third-order valence-electron chi connectivity index (χ3n) is 1.70. The Morgan fingerprint density at radius 2 is 1.93 bits per heavy atom. The van der Waals surface area contributed by atoms with Crippen molar-refractivity contribution in [3.05, 3.63) is 17.7 Å². The van der Waals surface area contributed by atoms with Crippen LogP contribution in [0.5, 0.6) is 11.5 Å². The minimum atomic E-state index is -2.92. The van der Waals surface area contributed by atoms with Gasteiger partial charge in [-0.3, -0.25) is 0 Å². The molecule has 0 amide bonds. The number of ether oxygens (including phenoxy) is 1. The first-order valence-electron chi connectivity index (χ1n) is 3.81. The van der Waals surface area contributed by atoms with E-state index in [-0.39, 0.29) is 5.75 Å². The monoisotopic (exact) mass is 217 g/mol. The molecule has 2 N–H and O–H groups in total. The molecule has 0 unspecified atom stereocenters. The molecule has 78 valence electrons. The summed E-state index contributed by atoms with van der Waals surface area (Å²) in [5, 5.41) is 0. The van der Waals surface area contributed by atoms with E-state index in [0.717, 1.165) is 0 Å². The maximum atomic E-state index is 10.3. The molecule has 0 aliphatic rings. The predicted molar refractivity (Wildman–Crippen MR) is 53.1 cm³/mol. The van der Waals surface area contributed by atoms with Crippen molar-refractivity contribution in [3.8, 4) is 11.5 Å². The largest absolute Gasteiger partial charge is 0.494 e. The van der Waals surface area contributed by atoms with E-state index in [9.17, 15) is 8.42 Å². The summed E-state index contributed by atoms with van der Waals surface area (Å²) in [6, 6.07) is 3.03. The summed E-state index contributed by atoms with van der Waals surface area (Å²) < 4.78 is 30.2. The summed E-state index contributed by atoms with van der Waals surface area (Å²) in [5.41, 5.74) is 6.68. The molecular formula is C8H11NO4S. The lowest BCUT2D eigenvalue weighted by molar-refractivity contribution is 0.414. The normalized spacial score (nSPS) is 10.2. The first-order valence-corrected chi connectivity index (χ1v) is 4.90. The number of hydrogen-bond acceptors (Lipinski definition) is 5. The average Bonchev–Trinajstić information content (AvgIpc) is 2.09. The van der Waals surface area contributed by atoms with Crippen LogP contribution in [0.25, 0.3) is 0 Å². The van der Waals surface area contributed by atoms with Crippen molar-refractivity contribution in [2.75, 3.05) is 12.8 Å². The molecule has 14 heavy (non-hydrogen) atoms. The van der Waals surface area contributed by atoms with Gasteiger partial charge < -0.3 is 14.7 Å². The number of rotatable bonds is 3. The van der Waals surface area contributed by atoms with E-state index >= 15 is 0 Å². The Kier molecular flexibility index (Phi) is 3.19. The molecule has 0 atom stereocenters. The minimum absolute atomic E-state index is 0.229. The number of nitrogen functional groups attached to an aromatic ring is 1. The molecule has 0 aromatic heterocycles. The molecule has 1 aromatic rings. The van der Waals surface area contributed by atoms with Gasteiger partial charge in [-0.15, -0.1) is 0 Å². The zero-order valence-electron chi connectivity index (χ0n) is 7.81.